The molecule has 0 aliphatic carbocycles. The molecule has 0 aliphatic heterocycles. The van der Waals surface area contributed by atoms with Crippen LogP contribution in [0.2, 0.25) is 0 Å². The molecule has 0 unspecified atom stereocenters. The first-order chi connectivity index (χ1) is 10.2. The van der Waals surface area contributed by atoms with Crippen LogP contribution in [-0.2, 0) is 11.3 Å². The minimum atomic E-state index is 0.399. The molecule has 21 heavy (non-hydrogen) atoms. The normalized spacial score (nSPS) is 11.0. The van der Waals surface area contributed by atoms with Crippen LogP contribution in [-0.4, -0.2) is 22.1 Å². The van der Waals surface area contributed by atoms with E-state index >= 15 is 0 Å². The van der Waals surface area contributed by atoms with Crippen molar-refractivity contribution in [2.45, 2.75) is 6.61 Å². The molecule has 5 nitrogen and oxygen atoms in total. The van der Waals surface area contributed by atoms with Gasteiger partial charge < -0.3 is 10.5 Å². The maximum absolute atomic E-state index is 6.00. The minimum Gasteiger partial charge on any atom is -0.383 e. The first kappa shape index (κ1) is 14.2. The maximum atomic E-state index is 6.00. The molecule has 0 bridgehead atoms. The van der Waals surface area contributed by atoms with E-state index in [0.29, 0.717) is 18.2 Å². The molecule has 3 aromatic rings. The number of para-hydroxylation sites is 1. The Bertz CT molecular complexity index is 802. The second kappa shape index (κ2) is 5.90. The van der Waals surface area contributed by atoms with Crippen molar-refractivity contribution in [2.75, 3.05) is 12.8 Å². The van der Waals surface area contributed by atoms with Gasteiger partial charge in [0.05, 0.1) is 21.4 Å². The van der Waals surface area contributed by atoms with Crippen LogP contribution in [0.1, 0.15) is 5.69 Å². The SMILES string of the molecule is COCc1nc(-c2cccc3cccnc23)nc(N)c1I. The van der Waals surface area contributed by atoms with E-state index in [-0.39, 0.29) is 0 Å². The molecule has 2 heterocycles. The molecule has 2 N–H and O–H groups in total. The number of methoxy groups -OCH3 is 1. The molecule has 0 spiro atoms. The van der Waals surface area contributed by atoms with Gasteiger partial charge in [-0.15, -0.1) is 0 Å². The number of aromatic nitrogens is 3. The van der Waals surface area contributed by atoms with Crippen LogP contribution in [0.3, 0.4) is 0 Å². The van der Waals surface area contributed by atoms with E-state index in [9.17, 15) is 0 Å². The second-order valence-corrected chi connectivity index (χ2v) is 5.59. The number of nitrogens with zero attached hydrogens (tertiary/aromatic N) is 3. The predicted octanol–water partition coefficient (Wildman–Crippen LogP) is 3.03. The van der Waals surface area contributed by atoms with E-state index in [1.807, 2.05) is 30.3 Å². The van der Waals surface area contributed by atoms with Crippen LogP contribution in [0, 0.1) is 3.57 Å². The fraction of sp³-hybridized carbons (Fsp3) is 0.133. The molecule has 0 saturated heterocycles. The topological polar surface area (TPSA) is 73.9 Å². The van der Waals surface area contributed by atoms with Gasteiger partial charge in [0.15, 0.2) is 5.82 Å². The van der Waals surface area contributed by atoms with Crippen molar-refractivity contribution in [3.05, 3.63) is 45.8 Å². The number of ether oxygens (including phenoxy) is 1. The van der Waals surface area contributed by atoms with E-state index in [0.717, 1.165) is 25.7 Å². The van der Waals surface area contributed by atoms with E-state index in [2.05, 4.69) is 37.5 Å². The van der Waals surface area contributed by atoms with E-state index in [4.69, 9.17) is 10.5 Å². The molecule has 0 amide bonds. The smallest absolute Gasteiger partial charge is 0.164 e. The van der Waals surface area contributed by atoms with Gasteiger partial charge in [-0.3, -0.25) is 4.98 Å². The minimum absolute atomic E-state index is 0.399. The van der Waals surface area contributed by atoms with Crippen molar-refractivity contribution < 1.29 is 4.74 Å². The van der Waals surface area contributed by atoms with Gasteiger partial charge in [-0.1, -0.05) is 18.2 Å². The number of fused-ring (bicyclic) bond motifs is 1. The molecule has 106 valence electrons. The fourth-order valence-electron chi connectivity index (χ4n) is 2.15. The summed E-state index contributed by atoms with van der Waals surface area (Å²) in [5, 5.41) is 1.05. The highest BCUT2D eigenvalue weighted by molar-refractivity contribution is 14.1. The van der Waals surface area contributed by atoms with Gasteiger partial charge in [0, 0.05) is 24.3 Å². The van der Waals surface area contributed by atoms with Crippen molar-refractivity contribution >= 4 is 39.3 Å². The maximum Gasteiger partial charge on any atom is 0.164 e. The summed E-state index contributed by atoms with van der Waals surface area (Å²) in [5.74, 6) is 1.03. The Kier molecular flexibility index (Phi) is 3.98. The summed E-state index contributed by atoms with van der Waals surface area (Å²) < 4.78 is 6.00. The highest BCUT2D eigenvalue weighted by Gasteiger charge is 2.13. The van der Waals surface area contributed by atoms with Crippen molar-refractivity contribution in [3.8, 4) is 11.4 Å². The van der Waals surface area contributed by atoms with E-state index in [1.54, 1.807) is 13.3 Å². The molecule has 0 atom stereocenters. The predicted molar refractivity (Wildman–Crippen MR) is 90.6 cm³/mol. The number of pyridine rings is 1. The van der Waals surface area contributed by atoms with Gasteiger partial charge in [0.2, 0.25) is 0 Å². The first-order valence-electron chi connectivity index (χ1n) is 6.35. The lowest BCUT2D eigenvalue weighted by molar-refractivity contribution is 0.181. The Morgan fingerprint density at radius 2 is 2.00 bits per heavy atom. The number of nitrogen functional groups attached to an aromatic ring is 1. The molecule has 0 fully saturated rings. The van der Waals surface area contributed by atoms with Gasteiger partial charge in [-0.05, 0) is 34.7 Å². The van der Waals surface area contributed by atoms with Gasteiger partial charge in [-0.25, -0.2) is 9.97 Å². The van der Waals surface area contributed by atoms with Crippen LogP contribution >= 0.6 is 22.6 Å². The highest BCUT2D eigenvalue weighted by Crippen LogP contribution is 2.27. The van der Waals surface area contributed by atoms with Crippen LogP contribution in [0.5, 0.6) is 0 Å². The fourth-order valence-corrected chi connectivity index (χ4v) is 2.55. The van der Waals surface area contributed by atoms with E-state index in [1.165, 1.54) is 0 Å². The molecule has 2 aromatic heterocycles. The van der Waals surface area contributed by atoms with Crippen molar-refractivity contribution in [2.24, 2.45) is 0 Å². The number of halogens is 1. The number of benzene rings is 1. The third-order valence-electron chi connectivity index (χ3n) is 3.10. The quantitative estimate of drug-likeness (QED) is 0.694. The molecule has 1 aromatic carbocycles. The monoisotopic (exact) mass is 392 g/mol. The summed E-state index contributed by atoms with van der Waals surface area (Å²) in [4.78, 5) is 13.4. The standard InChI is InChI=1S/C15H13IN4O/c1-21-8-11-12(16)14(17)20-15(19-11)10-6-2-4-9-5-3-7-18-13(9)10/h2-7H,8H2,1H3,(H2,17,19,20). The Morgan fingerprint density at radius 3 is 2.81 bits per heavy atom. The lowest BCUT2D eigenvalue weighted by Gasteiger charge is -2.09. The summed E-state index contributed by atoms with van der Waals surface area (Å²) in [5.41, 5.74) is 8.52. The summed E-state index contributed by atoms with van der Waals surface area (Å²) in [7, 11) is 1.63. The van der Waals surface area contributed by atoms with Gasteiger partial charge in [0.25, 0.3) is 0 Å². The second-order valence-electron chi connectivity index (χ2n) is 4.51. The molecule has 3 rings (SSSR count). The molecule has 0 radical (unpaired) electrons. The number of nitrogens with two attached hydrogens (primary N) is 1. The molecule has 0 aliphatic rings. The number of hydrogen-bond donors (Lipinski definition) is 1. The zero-order valence-electron chi connectivity index (χ0n) is 11.4. The summed E-state index contributed by atoms with van der Waals surface area (Å²) >= 11 is 2.14. The number of rotatable bonds is 3. The average Bonchev–Trinajstić information content (AvgIpc) is 2.51. The zero-order valence-corrected chi connectivity index (χ0v) is 13.5. The van der Waals surface area contributed by atoms with Crippen LogP contribution in [0.15, 0.2) is 36.5 Å². The first-order valence-corrected chi connectivity index (χ1v) is 7.43. The Morgan fingerprint density at radius 1 is 1.19 bits per heavy atom. The van der Waals surface area contributed by atoms with Crippen molar-refractivity contribution in [3.63, 3.8) is 0 Å². The van der Waals surface area contributed by atoms with Crippen LogP contribution in [0.4, 0.5) is 5.82 Å². The van der Waals surface area contributed by atoms with Gasteiger partial charge in [-0.2, -0.15) is 0 Å². The molecular formula is C15H13IN4O. The number of anilines is 1. The Hall–Kier alpha value is -1.80. The number of hydrogen-bond acceptors (Lipinski definition) is 5. The summed E-state index contributed by atoms with van der Waals surface area (Å²) in [6, 6.07) is 9.85. The highest BCUT2D eigenvalue weighted by atomic mass is 127. The molecular weight excluding hydrogens is 379 g/mol. The lowest BCUT2D eigenvalue weighted by Crippen LogP contribution is -2.06. The van der Waals surface area contributed by atoms with E-state index < -0.39 is 0 Å². The van der Waals surface area contributed by atoms with Crippen molar-refractivity contribution in [1.29, 1.82) is 0 Å². The third-order valence-corrected chi connectivity index (χ3v) is 4.28. The average molecular weight is 392 g/mol. The van der Waals surface area contributed by atoms with Crippen molar-refractivity contribution in [1.82, 2.24) is 15.0 Å². The van der Waals surface area contributed by atoms with Gasteiger partial charge in [0.1, 0.15) is 5.82 Å². The summed E-state index contributed by atoms with van der Waals surface area (Å²) in [6.07, 6.45) is 1.76. The largest absolute Gasteiger partial charge is 0.383 e. The molecule has 0 saturated carbocycles. The summed E-state index contributed by atoms with van der Waals surface area (Å²) in [6.45, 7) is 0.399. The Labute approximate surface area is 135 Å². The zero-order chi connectivity index (χ0) is 14.8. The lowest BCUT2D eigenvalue weighted by atomic mass is 10.1. The third kappa shape index (κ3) is 2.68. The Balaban J connectivity index is 2.23. The van der Waals surface area contributed by atoms with Crippen LogP contribution in [0.25, 0.3) is 22.3 Å². The molecule has 6 heteroatoms. The van der Waals surface area contributed by atoms with Crippen LogP contribution < -0.4 is 5.73 Å². The van der Waals surface area contributed by atoms with Gasteiger partial charge >= 0.3 is 0 Å².